The highest BCUT2D eigenvalue weighted by Crippen LogP contribution is 2.31. The Morgan fingerprint density at radius 2 is 1.63 bits per heavy atom. The van der Waals surface area contributed by atoms with Gasteiger partial charge in [-0.2, -0.15) is 0 Å². The first-order valence-electron chi connectivity index (χ1n) is 9.85. The van der Waals surface area contributed by atoms with Crippen LogP contribution < -0.4 is 10.2 Å². The van der Waals surface area contributed by atoms with Gasteiger partial charge in [0.2, 0.25) is 11.8 Å². The molecule has 0 aliphatic carbocycles. The van der Waals surface area contributed by atoms with Crippen molar-refractivity contribution in [3.05, 3.63) is 52.5 Å². The van der Waals surface area contributed by atoms with Gasteiger partial charge in [0.25, 0.3) is 0 Å². The molecule has 3 rings (SSSR count). The SMILES string of the molecule is CC(C)C(=O)N1CCN(c2ccc(Cl)cc2NC(=O)CSc2ccc(Cl)cc2)CC1. The minimum Gasteiger partial charge on any atom is -0.366 e. The fourth-order valence-electron chi connectivity index (χ4n) is 3.28. The second kappa shape index (κ2) is 10.4. The average molecular weight is 466 g/mol. The van der Waals surface area contributed by atoms with Crippen LogP contribution in [0, 0.1) is 5.92 Å². The lowest BCUT2D eigenvalue weighted by molar-refractivity contribution is -0.134. The van der Waals surface area contributed by atoms with Crippen LogP contribution in [-0.2, 0) is 9.59 Å². The second-order valence-corrected chi connectivity index (χ2v) is 9.34. The number of hydrogen-bond acceptors (Lipinski definition) is 4. The Hall–Kier alpha value is -1.89. The van der Waals surface area contributed by atoms with Crippen molar-refractivity contribution in [3.8, 4) is 0 Å². The number of nitrogens with one attached hydrogen (secondary N) is 1. The van der Waals surface area contributed by atoms with Crippen LogP contribution in [0.15, 0.2) is 47.4 Å². The summed E-state index contributed by atoms with van der Waals surface area (Å²) in [6, 6.07) is 12.9. The summed E-state index contributed by atoms with van der Waals surface area (Å²) in [4.78, 5) is 29.8. The molecule has 1 saturated heterocycles. The Morgan fingerprint density at radius 3 is 2.27 bits per heavy atom. The molecule has 1 aliphatic heterocycles. The van der Waals surface area contributed by atoms with Crippen molar-refractivity contribution in [2.75, 3.05) is 42.1 Å². The number of hydrogen-bond donors (Lipinski definition) is 1. The van der Waals surface area contributed by atoms with E-state index in [9.17, 15) is 9.59 Å². The van der Waals surface area contributed by atoms with Gasteiger partial charge in [0.1, 0.15) is 0 Å². The number of benzene rings is 2. The number of amides is 2. The lowest BCUT2D eigenvalue weighted by Gasteiger charge is -2.37. The van der Waals surface area contributed by atoms with Gasteiger partial charge in [-0.3, -0.25) is 9.59 Å². The minimum atomic E-state index is -0.105. The monoisotopic (exact) mass is 465 g/mol. The smallest absolute Gasteiger partial charge is 0.234 e. The Labute approximate surface area is 191 Å². The first kappa shape index (κ1) is 22.8. The van der Waals surface area contributed by atoms with Gasteiger partial charge < -0.3 is 15.1 Å². The molecule has 0 unspecified atom stereocenters. The number of piperazine rings is 1. The fourth-order valence-corrected chi connectivity index (χ4v) is 4.28. The van der Waals surface area contributed by atoms with Crippen LogP contribution in [0.2, 0.25) is 10.0 Å². The molecule has 0 aromatic heterocycles. The molecule has 0 atom stereocenters. The molecule has 160 valence electrons. The van der Waals surface area contributed by atoms with Crippen LogP contribution in [0.25, 0.3) is 0 Å². The van der Waals surface area contributed by atoms with Gasteiger partial charge in [0, 0.05) is 47.0 Å². The van der Waals surface area contributed by atoms with Crippen molar-refractivity contribution >= 4 is 58.2 Å². The summed E-state index contributed by atoms with van der Waals surface area (Å²) in [6.45, 7) is 6.59. The molecule has 1 N–H and O–H groups in total. The van der Waals surface area contributed by atoms with Gasteiger partial charge >= 0.3 is 0 Å². The van der Waals surface area contributed by atoms with Gasteiger partial charge in [0.15, 0.2) is 0 Å². The van der Waals surface area contributed by atoms with E-state index in [1.807, 2.05) is 43.0 Å². The summed E-state index contributed by atoms with van der Waals surface area (Å²) in [5.41, 5.74) is 1.61. The third kappa shape index (κ3) is 6.06. The first-order chi connectivity index (χ1) is 14.3. The summed E-state index contributed by atoms with van der Waals surface area (Å²) >= 11 is 13.5. The zero-order chi connectivity index (χ0) is 21.7. The molecule has 2 amide bonds. The Balaban J connectivity index is 1.63. The van der Waals surface area contributed by atoms with Gasteiger partial charge in [-0.15, -0.1) is 11.8 Å². The third-order valence-corrected chi connectivity index (χ3v) is 6.34. The molecule has 1 heterocycles. The summed E-state index contributed by atoms with van der Waals surface area (Å²) in [6.07, 6.45) is 0. The summed E-state index contributed by atoms with van der Waals surface area (Å²) in [5, 5.41) is 4.22. The molecule has 2 aromatic rings. The fraction of sp³-hybridized carbons (Fsp3) is 0.364. The molecular formula is C22H25Cl2N3O2S. The Bertz CT molecular complexity index is 898. The lowest BCUT2D eigenvalue weighted by Crippen LogP contribution is -2.50. The Morgan fingerprint density at radius 1 is 1.00 bits per heavy atom. The van der Waals surface area contributed by atoms with Crippen LogP contribution >= 0.6 is 35.0 Å². The molecule has 1 aliphatic rings. The average Bonchev–Trinajstić information content (AvgIpc) is 2.73. The number of anilines is 2. The number of carbonyl (C=O) groups is 2. The lowest BCUT2D eigenvalue weighted by atomic mass is 10.1. The predicted molar refractivity (Wildman–Crippen MR) is 126 cm³/mol. The second-order valence-electron chi connectivity index (χ2n) is 7.42. The van der Waals surface area contributed by atoms with E-state index in [4.69, 9.17) is 23.2 Å². The van der Waals surface area contributed by atoms with E-state index in [2.05, 4.69) is 10.2 Å². The molecule has 0 saturated carbocycles. The molecule has 0 bridgehead atoms. The van der Waals surface area contributed by atoms with E-state index >= 15 is 0 Å². The molecule has 0 spiro atoms. The van der Waals surface area contributed by atoms with Crippen molar-refractivity contribution in [3.63, 3.8) is 0 Å². The van der Waals surface area contributed by atoms with Crippen LogP contribution in [0.5, 0.6) is 0 Å². The van der Waals surface area contributed by atoms with E-state index in [1.54, 1.807) is 18.2 Å². The quantitative estimate of drug-likeness (QED) is 0.607. The van der Waals surface area contributed by atoms with Crippen molar-refractivity contribution in [2.24, 2.45) is 5.92 Å². The zero-order valence-corrected chi connectivity index (χ0v) is 19.4. The first-order valence-corrected chi connectivity index (χ1v) is 11.6. The highest BCUT2D eigenvalue weighted by Gasteiger charge is 2.24. The van der Waals surface area contributed by atoms with Crippen LogP contribution in [-0.4, -0.2) is 48.6 Å². The molecule has 2 aromatic carbocycles. The van der Waals surface area contributed by atoms with Crippen molar-refractivity contribution < 1.29 is 9.59 Å². The standard InChI is InChI=1S/C22H25Cl2N3O2S/c1-15(2)22(29)27-11-9-26(10-12-27)20-8-5-17(24)13-19(20)25-21(28)14-30-18-6-3-16(23)4-7-18/h3-8,13,15H,9-12,14H2,1-2H3,(H,25,28). The van der Waals surface area contributed by atoms with E-state index in [1.165, 1.54) is 11.8 Å². The number of halogens is 2. The minimum absolute atomic E-state index is 0.0000660. The van der Waals surface area contributed by atoms with Gasteiger partial charge in [-0.05, 0) is 42.5 Å². The third-order valence-electron chi connectivity index (χ3n) is 4.84. The van der Waals surface area contributed by atoms with Crippen molar-refractivity contribution in [2.45, 2.75) is 18.7 Å². The number of carbonyl (C=O) groups excluding carboxylic acids is 2. The maximum atomic E-state index is 12.5. The molecule has 30 heavy (non-hydrogen) atoms. The molecule has 8 heteroatoms. The van der Waals surface area contributed by atoms with Crippen LogP contribution in [0.1, 0.15) is 13.8 Å². The van der Waals surface area contributed by atoms with Crippen molar-refractivity contribution in [1.82, 2.24) is 4.90 Å². The van der Waals surface area contributed by atoms with Crippen LogP contribution in [0.4, 0.5) is 11.4 Å². The normalized spacial score (nSPS) is 14.2. The summed E-state index contributed by atoms with van der Waals surface area (Å²) in [5.74, 6) is 0.357. The largest absolute Gasteiger partial charge is 0.366 e. The highest BCUT2D eigenvalue weighted by atomic mass is 35.5. The topological polar surface area (TPSA) is 52.7 Å². The van der Waals surface area contributed by atoms with E-state index in [0.29, 0.717) is 41.9 Å². The number of thioether (sulfide) groups is 1. The highest BCUT2D eigenvalue weighted by molar-refractivity contribution is 8.00. The predicted octanol–water partition coefficient (Wildman–Crippen LogP) is 5.03. The number of nitrogens with zero attached hydrogens (tertiary/aromatic N) is 2. The Kier molecular flexibility index (Phi) is 7.92. The molecule has 0 radical (unpaired) electrons. The molecule has 1 fully saturated rings. The van der Waals surface area contributed by atoms with E-state index < -0.39 is 0 Å². The molecule has 5 nitrogen and oxygen atoms in total. The van der Waals surface area contributed by atoms with Gasteiger partial charge in [0.05, 0.1) is 17.1 Å². The maximum absolute atomic E-state index is 12.5. The summed E-state index contributed by atoms with van der Waals surface area (Å²) in [7, 11) is 0. The van der Waals surface area contributed by atoms with Gasteiger partial charge in [-0.1, -0.05) is 37.0 Å². The summed E-state index contributed by atoms with van der Waals surface area (Å²) < 4.78 is 0. The zero-order valence-electron chi connectivity index (χ0n) is 17.0. The van der Waals surface area contributed by atoms with Crippen molar-refractivity contribution in [1.29, 1.82) is 0 Å². The maximum Gasteiger partial charge on any atom is 0.234 e. The number of rotatable bonds is 6. The molecular weight excluding hydrogens is 441 g/mol. The van der Waals surface area contributed by atoms with E-state index in [0.717, 1.165) is 10.6 Å². The van der Waals surface area contributed by atoms with Crippen LogP contribution in [0.3, 0.4) is 0 Å². The van der Waals surface area contributed by atoms with Gasteiger partial charge in [-0.25, -0.2) is 0 Å². The van der Waals surface area contributed by atoms with E-state index in [-0.39, 0.29) is 23.5 Å².